The van der Waals surface area contributed by atoms with Crippen molar-refractivity contribution < 1.29 is 9.18 Å². The van der Waals surface area contributed by atoms with Gasteiger partial charge >= 0.3 is 0 Å². The summed E-state index contributed by atoms with van der Waals surface area (Å²) in [6.45, 7) is 3.60. The highest BCUT2D eigenvalue weighted by molar-refractivity contribution is 6.35. The molecule has 126 valence electrons. The summed E-state index contributed by atoms with van der Waals surface area (Å²) < 4.78 is 13.6. The number of hydrogen-bond donors (Lipinski definition) is 1. The first-order valence-electron chi connectivity index (χ1n) is 7.89. The SMILES string of the molecule is Cc1ccccc1C(=O)c1ccc(Nc2cccc(F)c2C)cc1Cl. The van der Waals surface area contributed by atoms with Crippen molar-refractivity contribution in [2.24, 2.45) is 0 Å². The Bertz CT molecular complexity index is 952. The highest BCUT2D eigenvalue weighted by Crippen LogP contribution is 2.28. The average Bonchev–Trinajstić information content (AvgIpc) is 2.59. The molecule has 0 unspecified atom stereocenters. The summed E-state index contributed by atoms with van der Waals surface area (Å²) in [6.07, 6.45) is 0. The van der Waals surface area contributed by atoms with Crippen molar-refractivity contribution in [2.75, 3.05) is 5.32 Å². The van der Waals surface area contributed by atoms with E-state index in [0.717, 1.165) is 5.56 Å². The number of rotatable bonds is 4. The number of benzene rings is 3. The number of halogens is 2. The number of aryl methyl sites for hydroxylation is 1. The molecule has 0 atom stereocenters. The zero-order valence-corrected chi connectivity index (χ0v) is 14.7. The van der Waals surface area contributed by atoms with Crippen molar-refractivity contribution in [2.45, 2.75) is 13.8 Å². The summed E-state index contributed by atoms with van der Waals surface area (Å²) in [4.78, 5) is 12.7. The summed E-state index contributed by atoms with van der Waals surface area (Å²) in [7, 11) is 0. The zero-order valence-electron chi connectivity index (χ0n) is 13.9. The molecule has 25 heavy (non-hydrogen) atoms. The van der Waals surface area contributed by atoms with E-state index in [-0.39, 0.29) is 11.6 Å². The maximum atomic E-state index is 13.6. The third kappa shape index (κ3) is 3.57. The summed E-state index contributed by atoms with van der Waals surface area (Å²) in [5.41, 5.74) is 3.86. The first kappa shape index (κ1) is 17.2. The van der Waals surface area contributed by atoms with Crippen LogP contribution in [0.4, 0.5) is 15.8 Å². The molecule has 0 saturated heterocycles. The molecule has 4 heteroatoms. The van der Waals surface area contributed by atoms with Crippen LogP contribution in [0.3, 0.4) is 0 Å². The molecular formula is C21H17ClFNO. The highest BCUT2D eigenvalue weighted by atomic mass is 35.5. The molecule has 3 aromatic rings. The Balaban J connectivity index is 1.90. The second-order valence-corrected chi connectivity index (χ2v) is 6.28. The van der Waals surface area contributed by atoms with E-state index in [0.29, 0.717) is 33.1 Å². The van der Waals surface area contributed by atoms with E-state index in [1.807, 2.05) is 25.1 Å². The first-order chi connectivity index (χ1) is 12.0. The van der Waals surface area contributed by atoms with Crippen molar-refractivity contribution in [1.82, 2.24) is 0 Å². The summed E-state index contributed by atoms with van der Waals surface area (Å²) >= 11 is 6.33. The first-order valence-corrected chi connectivity index (χ1v) is 8.27. The van der Waals surface area contributed by atoms with Gasteiger partial charge in [0.2, 0.25) is 0 Å². The normalized spacial score (nSPS) is 10.6. The molecule has 0 bridgehead atoms. The molecule has 0 fully saturated rings. The fourth-order valence-electron chi connectivity index (χ4n) is 2.65. The molecule has 0 aliphatic carbocycles. The van der Waals surface area contributed by atoms with Gasteiger partial charge in [-0.15, -0.1) is 0 Å². The smallest absolute Gasteiger partial charge is 0.194 e. The number of ketones is 1. The highest BCUT2D eigenvalue weighted by Gasteiger charge is 2.15. The van der Waals surface area contributed by atoms with E-state index in [2.05, 4.69) is 5.32 Å². The average molecular weight is 354 g/mol. The van der Waals surface area contributed by atoms with Crippen LogP contribution in [-0.2, 0) is 0 Å². The predicted molar refractivity (Wildman–Crippen MR) is 100 cm³/mol. The molecule has 0 spiro atoms. The summed E-state index contributed by atoms with van der Waals surface area (Å²) in [5.74, 6) is -0.390. The van der Waals surface area contributed by atoms with Gasteiger partial charge in [-0.3, -0.25) is 4.79 Å². The molecule has 3 aromatic carbocycles. The Hall–Kier alpha value is -2.65. The summed E-state index contributed by atoms with van der Waals surface area (Å²) in [6, 6.07) is 17.4. The molecular weight excluding hydrogens is 337 g/mol. The number of anilines is 2. The second-order valence-electron chi connectivity index (χ2n) is 5.88. The fourth-order valence-corrected chi connectivity index (χ4v) is 2.91. The van der Waals surface area contributed by atoms with Crippen LogP contribution in [0, 0.1) is 19.7 Å². The van der Waals surface area contributed by atoms with Crippen LogP contribution < -0.4 is 5.32 Å². The van der Waals surface area contributed by atoms with Crippen molar-refractivity contribution in [3.63, 3.8) is 0 Å². The Labute approximate surface area is 151 Å². The van der Waals surface area contributed by atoms with Crippen LogP contribution in [0.2, 0.25) is 5.02 Å². The third-order valence-electron chi connectivity index (χ3n) is 4.15. The molecule has 0 radical (unpaired) electrons. The largest absolute Gasteiger partial charge is 0.355 e. The van der Waals surface area contributed by atoms with Gasteiger partial charge in [0.1, 0.15) is 5.82 Å². The Morgan fingerprint density at radius 1 is 0.960 bits per heavy atom. The second kappa shape index (κ2) is 7.08. The van der Waals surface area contributed by atoms with E-state index in [9.17, 15) is 9.18 Å². The van der Waals surface area contributed by atoms with Gasteiger partial charge < -0.3 is 5.32 Å². The summed E-state index contributed by atoms with van der Waals surface area (Å²) in [5, 5.41) is 3.49. The minimum Gasteiger partial charge on any atom is -0.355 e. The Morgan fingerprint density at radius 3 is 2.44 bits per heavy atom. The van der Waals surface area contributed by atoms with Gasteiger partial charge in [-0.25, -0.2) is 4.39 Å². The van der Waals surface area contributed by atoms with Crippen LogP contribution in [0.15, 0.2) is 60.7 Å². The van der Waals surface area contributed by atoms with Gasteiger partial charge in [-0.2, -0.15) is 0 Å². The van der Waals surface area contributed by atoms with E-state index >= 15 is 0 Å². The maximum Gasteiger partial charge on any atom is 0.194 e. The number of nitrogens with one attached hydrogen (secondary N) is 1. The quantitative estimate of drug-likeness (QED) is 0.577. The molecule has 0 aromatic heterocycles. The van der Waals surface area contributed by atoms with E-state index < -0.39 is 0 Å². The maximum absolute atomic E-state index is 13.6. The number of carbonyl (C=O) groups excluding carboxylic acids is 1. The van der Waals surface area contributed by atoms with E-state index in [4.69, 9.17) is 11.6 Å². The van der Waals surface area contributed by atoms with Crippen LogP contribution in [0.1, 0.15) is 27.0 Å². The number of carbonyl (C=O) groups is 1. The molecule has 2 nitrogen and oxygen atoms in total. The minimum atomic E-state index is -0.276. The monoisotopic (exact) mass is 353 g/mol. The van der Waals surface area contributed by atoms with Crippen LogP contribution in [0.5, 0.6) is 0 Å². The van der Waals surface area contributed by atoms with Crippen molar-refractivity contribution in [3.8, 4) is 0 Å². The topological polar surface area (TPSA) is 29.1 Å². The molecule has 0 aliphatic heterocycles. The zero-order chi connectivity index (χ0) is 18.0. The van der Waals surface area contributed by atoms with Gasteiger partial charge in [0.15, 0.2) is 5.78 Å². The van der Waals surface area contributed by atoms with Gasteiger partial charge in [-0.1, -0.05) is 41.9 Å². The van der Waals surface area contributed by atoms with Gasteiger partial charge in [0.25, 0.3) is 0 Å². The molecule has 0 heterocycles. The Kier molecular flexibility index (Phi) is 4.86. The van der Waals surface area contributed by atoms with Gasteiger partial charge in [-0.05, 0) is 49.7 Å². The molecule has 3 rings (SSSR count). The minimum absolute atomic E-state index is 0.114. The predicted octanol–water partition coefficient (Wildman–Crippen LogP) is 6.07. The third-order valence-corrected chi connectivity index (χ3v) is 4.46. The van der Waals surface area contributed by atoms with Crippen molar-refractivity contribution in [1.29, 1.82) is 0 Å². The lowest BCUT2D eigenvalue weighted by atomic mass is 9.99. The lowest BCUT2D eigenvalue weighted by Gasteiger charge is -2.12. The van der Waals surface area contributed by atoms with Crippen molar-refractivity contribution in [3.05, 3.63) is 93.8 Å². The Morgan fingerprint density at radius 2 is 1.72 bits per heavy atom. The van der Waals surface area contributed by atoms with Crippen LogP contribution in [0.25, 0.3) is 0 Å². The van der Waals surface area contributed by atoms with E-state index in [1.165, 1.54) is 6.07 Å². The molecule has 0 amide bonds. The van der Waals surface area contributed by atoms with Crippen LogP contribution >= 0.6 is 11.6 Å². The van der Waals surface area contributed by atoms with Crippen LogP contribution in [-0.4, -0.2) is 5.78 Å². The van der Waals surface area contributed by atoms with Gasteiger partial charge in [0, 0.05) is 28.1 Å². The van der Waals surface area contributed by atoms with E-state index in [1.54, 1.807) is 43.3 Å². The molecule has 0 aliphatic rings. The molecule has 0 saturated carbocycles. The van der Waals surface area contributed by atoms with Crippen molar-refractivity contribution >= 4 is 28.8 Å². The lowest BCUT2D eigenvalue weighted by molar-refractivity contribution is 0.103. The lowest BCUT2D eigenvalue weighted by Crippen LogP contribution is -2.05. The standard InChI is InChI=1S/C21H17ClFNO/c1-13-6-3-4-7-16(13)21(25)17-11-10-15(12-18(17)22)24-20-9-5-8-19(23)14(20)2/h3-12,24H,1-2H3. The molecule has 1 N–H and O–H groups in total. The number of hydrogen-bond acceptors (Lipinski definition) is 2. The fraction of sp³-hybridized carbons (Fsp3) is 0.0952. The van der Waals surface area contributed by atoms with Gasteiger partial charge in [0.05, 0.1) is 5.02 Å².